The highest BCUT2D eigenvalue weighted by atomic mass is 16.5. The molecule has 0 radical (unpaired) electrons. The van der Waals surface area contributed by atoms with Crippen molar-refractivity contribution < 1.29 is 14.3 Å². The van der Waals surface area contributed by atoms with Crippen LogP contribution in [0.25, 0.3) is 10.8 Å². The Bertz CT molecular complexity index is 1230. The van der Waals surface area contributed by atoms with Crippen molar-refractivity contribution in [1.29, 1.82) is 0 Å². The molecule has 0 atom stereocenters. The van der Waals surface area contributed by atoms with Gasteiger partial charge in [0.1, 0.15) is 11.4 Å². The molecule has 1 heterocycles. The zero-order valence-electron chi connectivity index (χ0n) is 15.7. The number of fused-ring (bicyclic) bond motifs is 1. The van der Waals surface area contributed by atoms with E-state index in [-0.39, 0.29) is 5.69 Å². The van der Waals surface area contributed by atoms with Crippen LogP contribution in [0.4, 0.5) is 0 Å². The van der Waals surface area contributed by atoms with Gasteiger partial charge in [-0.25, -0.2) is 15.2 Å². The molecule has 7 heteroatoms. The number of carbonyl (C=O) groups is 2. The number of nitrogens with zero attached hydrogens (tertiary/aromatic N) is 3. The second-order valence-electron chi connectivity index (χ2n) is 6.24. The summed E-state index contributed by atoms with van der Waals surface area (Å²) in [5, 5.41) is 5.80. The van der Waals surface area contributed by atoms with Gasteiger partial charge in [-0.3, -0.25) is 9.78 Å². The monoisotopic (exact) mass is 396 g/mol. The predicted molar refractivity (Wildman–Crippen MR) is 112 cm³/mol. The van der Waals surface area contributed by atoms with Crippen LogP contribution in [0, 0.1) is 0 Å². The van der Waals surface area contributed by atoms with Crippen LogP contribution in [-0.4, -0.2) is 28.1 Å². The molecule has 1 aromatic heterocycles. The molecule has 0 aliphatic rings. The zero-order chi connectivity index (χ0) is 20.8. The summed E-state index contributed by atoms with van der Waals surface area (Å²) >= 11 is 0. The summed E-state index contributed by atoms with van der Waals surface area (Å²) < 4.78 is 5.62. The van der Waals surface area contributed by atoms with E-state index in [4.69, 9.17) is 4.74 Å². The van der Waals surface area contributed by atoms with Crippen LogP contribution < -0.4 is 10.2 Å². The first-order valence-electron chi connectivity index (χ1n) is 9.11. The third-order valence-electron chi connectivity index (χ3n) is 4.30. The number of rotatable bonds is 5. The molecule has 3 aromatic carbocycles. The zero-order valence-corrected chi connectivity index (χ0v) is 15.7. The fourth-order valence-electron chi connectivity index (χ4n) is 2.86. The summed E-state index contributed by atoms with van der Waals surface area (Å²) in [6.07, 6.45) is 5.69. The lowest BCUT2D eigenvalue weighted by Gasteiger charge is -2.10. The molecule has 146 valence electrons. The average molecular weight is 396 g/mol. The summed E-state index contributed by atoms with van der Waals surface area (Å²) in [6.45, 7) is 0. The van der Waals surface area contributed by atoms with Crippen molar-refractivity contribution in [3.8, 4) is 5.75 Å². The Morgan fingerprint density at radius 3 is 2.53 bits per heavy atom. The van der Waals surface area contributed by atoms with Crippen molar-refractivity contribution in [3.05, 3.63) is 102 Å². The Labute approximate surface area is 172 Å². The normalized spacial score (nSPS) is 10.8. The lowest BCUT2D eigenvalue weighted by atomic mass is 10.0. The van der Waals surface area contributed by atoms with Gasteiger partial charge in [0, 0.05) is 18.0 Å². The van der Waals surface area contributed by atoms with Gasteiger partial charge in [-0.15, -0.1) is 0 Å². The molecule has 4 aromatic rings. The Morgan fingerprint density at radius 1 is 0.933 bits per heavy atom. The van der Waals surface area contributed by atoms with Gasteiger partial charge < -0.3 is 4.74 Å². The van der Waals surface area contributed by atoms with Crippen molar-refractivity contribution in [1.82, 2.24) is 15.4 Å². The second kappa shape index (κ2) is 8.74. The highest BCUT2D eigenvalue weighted by Crippen LogP contribution is 2.27. The first-order valence-corrected chi connectivity index (χ1v) is 9.11. The Hall–Kier alpha value is -4.39. The number of hydrazone groups is 1. The number of carbonyl (C=O) groups excluding carboxylic acids is 2. The van der Waals surface area contributed by atoms with Gasteiger partial charge in [-0.1, -0.05) is 48.5 Å². The van der Waals surface area contributed by atoms with Gasteiger partial charge in [-0.05, 0) is 29.0 Å². The number of nitrogens with one attached hydrogen (secondary N) is 1. The van der Waals surface area contributed by atoms with Crippen LogP contribution in [0.1, 0.15) is 26.4 Å². The largest absolute Gasteiger partial charge is 0.422 e. The molecule has 0 saturated carbocycles. The van der Waals surface area contributed by atoms with Crippen molar-refractivity contribution in [3.63, 3.8) is 0 Å². The van der Waals surface area contributed by atoms with Gasteiger partial charge in [0.15, 0.2) is 0 Å². The van der Waals surface area contributed by atoms with E-state index in [9.17, 15) is 9.59 Å². The minimum Gasteiger partial charge on any atom is -0.422 e. The van der Waals surface area contributed by atoms with Gasteiger partial charge in [-0.2, -0.15) is 5.10 Å². The van der Waals surface area contributed by atoms with E-state index < -0.39 is 11.9 Å². The van der Waals surface area contributed by atoms with Gasteiger partial charge in [0.2, 0.25) is 0 Å². The van der Waals surface area contributed by atoms with Crippen LogP contribution >= 0.6 is 0 Å². The molecule has 0 aliphatic heterocycles. The second-order valence-corrected chi connectivity index (χ2v) is 6.24. The number of esters is 1. The van der Waals surface area contributed by atoms with Gasteiger partial charge in [0.05, 0.1) is 18.0 Å². The number of benzene rings is 3. The number of hydrogen-bond acceptors (Lipinski definition) is 6. The average Bonchev–Trinajstić information content (AvgIpc) is 2.81. The standard InChI is InChI=1S/C23H16N4O3/c28-22(20-15-24-12-13-25-20)27-26-14-19-18-9-5-4-6-16(18)10-11-21(19)30-23(29)17-7-2-1-3-8-17/h1-15H,(H,27,28)/b26-14+. The van der Waals surface area contributed by atoms with Crippen molar-refractivity contribution in [2.45, 2.75) is 0 Å². The van der Waals surface area contributed by atoms with Crippen molar-refractivity contribution in [2.75, 3.05) is 0 Å². The van der Waals surface area contributed by atoms with Gasteiger partial charge in [0.25, 0.3) is 5.91 Å². The summed E-state index contributed by atoms with van der Waals surface area (Å²) in [6, 6.07) is 19.9. The molecule has 0 saturated heterocycles. The molecule has 0 unspecified atom stereocenters. The van der Waals surface area contributed by atoms with Crippen LogP contribution in [0.15, 0.2) is 90.4 Å². The molecular formula is C23H16N4O3. The molecule has 30 heavy (non-hydrogen) atoms. The van der Waals surface area contributed by atoms with E-state index in [0.29, 0.717) is 16.9 Å². The molecule has 4 rings (SSSR count). The first-order chi connectivity index (χ1) is 14.7. The number of ether oxygens (including phenoxy) is 1. The third kappa shape index (κ3) is 4.20. The van der Waals surface area contributed by atoms with E-state index in [1.54, 1.807) is 30.3 Å². The van der Waals surface area contributed by atoms with E-state index >= 15 is 0 Å². The Balaban J connectivity index is 1.64. The quantitative estimate of drug-likeness (QED) is 0.241. The van der Waals surface area contributed by atoms with Crippen LogP contribution in [0.3, 0.4) is 0 Å². The smallest absolute Gasteiger partial charge is 0.343 e. The molecule has 7 nitrogen and oxygen atoms in total. The fourth-order valence-corrected chi connectivity index (χ4v) is 2.86. The van der Waals surface area contributed by atoms with Crippen molar-refractivity contribution in [2.24, 2.45) is 5.10 Å². The molecule has 0 fully saturated rings. The number of aromatic nitrogens is 2. The highest BCUT2D eigenvalue weighted by Gasteiger charge is 2.13. The molecule has 0 bridgehead atoms. The van der Waals surface area contributed by atoms with Crippen LogP contribution in [0.5, 0.6) is 5.75 Å². The minimum absolute atomic E-state index is 0.142. The maximum absolute atomic E-state index is 12.5. The highest BCUT2D eigenvalue weighted by molar-refractivity contribution is 6.04. The van der Waals surface area contributed by atoms with Crippen LogP contribution in [-0.2, 0) is 0 Å². The summed E-state index contributed by atoms with van der Waals surface area (Å²) in [4.78, 5) is 32.4. The number of amides is 1. The first kappa shape index (κ1) is 18.9. The van der Waals surface area contributed by atoms with E-state index in [2.05, 4.69) is 20.5 Å². The maximum Gasteiger partial charge on any atom is 0.343 e. The molecule has 0 aliphatic carbocycles. The fraction of sp³-hybridized carbons (Fsp3) is 0. The topological polar surface area (TPSA) is 93.5 Å². The maximum atomic E-state index is 12.5. The summed E-state index contributed by atoms with van der Waals surface area (Å²) in [5.41, 5.74) is 3.56. The number of hydrogen-bond donors (Lipinski definition) is 1. The van der Waals surface area contributed by atoms with E-state index in [1.807, 2.05) is 36.4 Å². The molecular weight excluding hydrogens is 380 g/mol. The summed E-state index contributed by atoms with van der Waals surface area (Å²) in [5.74, 6) is -0.647. The Kier molecular flexibility index (Phi) is 5.52. The predicted octanol–water partition coefficient (Wildman–Crippen LogP) is 3.61. The lowest BCUT2D eigenvalue weighted by Crippen LogP contribution is -2.19. The summed E-state index contributed by atoms with van der Waals surface area (Å²) in [7, 11) is 0. The third-order valence-corrected chi connectivity index (χ3v) is 4.30. The van der Waals surface area contributed by atoms with Gasteiger partial charge >= 0.3 is 5.97 Å². The SMILES string of the molecule is O=C(Oc1ccc2ccccc2c1/C=N/NC(=O)c1cnccn1)c1ccccc1. The molecule has 0 spiro atoms. The molecule has 1 N–H and O–H groups in total. The Morgan fingerprint density at radius 2 is 1.73 bits per heavy atom. The van der Waals surface area contributed by atoms with Crippen LogP contribution in [0.2, 0.25) is 0 Å². The van der Waals surface area contributed by atoms with E-state index in [1.165, 1.54) is 24.8 Å². The lowest BCUT2D eigenvalue weighted by molar-refractivity contribution is 0.0734. The van der Waals surface area contributed by atoms with Crippen molar-refractivity contribution >= 4 is 28.9 Å². The van der Waals surface area contributed by atoms with E-state index in [0.717, 1.165) is 10.8 Å². The minimum atomic E-state index is -0.498. The molecule has 1 amide bonds.